The van der Waals surface area contributed by atoms with E-state index in [9.17, 15) is 0 Å². The second-order valence-corrected chi connectivity index (χ2v) is 6.22. The summed E-state index contributed by atoms with van der Waals surface area (Å²) in [6, 6.07) is 5.91. The van der Waals surface area contributed by atoms with Crippen molar-refractivity contribution in [3.05, 3.63) is 42.2 Å². The third-order valence-electron chi connectivity index (χ3n) is 3.74. The molecule has 1 saturated heterocycles. The third kappa shape index (κ3) is 3.14. The highest BCUT2D eigenvalue weighted by Gasteiger charge is 2.13. The second-order valence-electron chi connectivity index (χ2n) is 5.33. The third-order valence-corrected chi connectivity index (χ3v) is 4.54. The highest BCUT2D eigenvalue weighted by molar-refractivity contribution is 7.13. The van der Waals surface area contributed by atoms with Crippen molar-refractivity contribution in [3.63, 3.8) is 0 Å². The molecule has 0 atom stereocenters. The van der Waals surface area contributed by atoms with Crippen LogP contribution in [0.4, 0.5) is 17.5 Å². The van der Waals surface area contributed by atoms with Crippen LogP contribution in [0.1, 0.15) is 12.8 Å². The van der Waals surface area contributed by atoms with Crippen LogP contribution in [0, 0.1) is 0 Å². The molecule has 0 aliphatic carbocycles. The van der Waals surface area contributed by atoms with Gasteiger partial charge in [-0.1, -0.05) is 0 Å². The zero-order valence-electron chi connectivity index (χ0n) is 12.5. The quantitative estimate of drug-likeness (QED) is 0.794. The lowest BCUT2D eigenvalue weighted by atomic mass is 10.4. The van der Waals surface area contributed by atoms with Crippen LogP contribution in [0.25, 0.3) is 10.7 Å². The summed E-state index contributed by atoms with van der Waals surface area (Å²) >= 11 is 1.56. The molecule has 0 amide bonds. The first kappa shape index (κ1) is 14.1. The van der Waals surface area contributed by atoms with Crippen LogP contribution in [-0.4, -0.2) is 33.0 Å². The summed E-state index contributed by atoms with van der Waals surface area (Å²) < 4.78 is 0. The van der Waals surface area contributed by atoms with Crippen LogP contribution in [0.15, 0.2) is 42.2 Å². The highest BCUT2D eigenvalue weighted by Crippen LogP contribution is 2.22. The van der Waals surface area contributed by atoms with Gasteiger partial charge in [-0.2, -0.15) is 0 Å². The van der Waals surface area contributed by atoms with Gasteiger partial charge in [-0.25, -0.2) is 19.9 Å². The van der Waals surface area contributed by atoms with E-state index in [4.69, 9.17) is 0 Å². The Bertz CT molecular complexity index is 766. The number of nitrogens with zero attached hydrogens (tertiary/aromatic N) is 5. The fraction of sp³-hybridized carbons (Fsp3) is 0.250. The summed E-state index contributed by atoms with van der Waals surface area (Å²) in [5, 5.41) is 6.02. The lowest BCUT2D eigenvalue weighted by Gasteiger charge is -2.16. The van der Waals surface area contributed by atoms with E-state index in [-0.39, 0.29) is 0 Å². The maximum atomic E-state index is 4.53. The van der Waals surface area contributed by atoms with E-state index in [0.717, 1.165) is 35.3 Å². The number of aromatic nitrogens is 4. The van der Waals surface area contributed by atoms with Gasteiger partial charge in [0.25, 0.3) is 0 Å². The number of nitrogens with one attached hydrogen (secondary N) is 1. The van der Waals surface area contributed by atoms with E-state index in [2.05, 4.69) is 30.2 Å². The zero-order valence-corrected chi connectivity index (χ0v) is 13.3. The fourth-order valence-corrected chi connectivity index (χ4v) is 3.22. The first-order valence-corrected chi connectivity index (χ1v) is 8.47. The molecule has 6 nitrogen and oxygen atoms in total. The maximum absolute atomic E-state index is 4.53. The minimum Gasteiger partial charge on any atom is -0.357 e. The van der Waals surface area contributed by atoms with Crippen LogP contribution in [0.3, 0.4) is 0 Å². The molecule has 1 fully saturated rings. The van der Waals surface area contributed by atoms with Crippen molar-refractivity contribution in [1.29, 1.82) is 0 Å². The van der Waals surface area contributed by atoms with Gasteiger partial charge in [0, 0.05) is 30.9 Å². The van der Waals surface area contributed by atoms with Gasteiger partial charge < -0.3 is 10.2 Å². The zero-order chi connectivity index (χ0) is 15.5. The molecule has 0 bridgehead atoms. The van der Waals surface area contributed by atoms with Crippen LogP contribution < -0.4 is 10.2 Å². The monoisotopic (exact) mass is 324 g/mol. The summed E-state index contributed by atoms with van der Waals surface area (Å²) in [5.41, 5.74) is 1.70. The van der Waals surface area contributed by atoms with Crippen molar-refractivity contribution in [2.75, 3.05) is 23.3 Å². The van der Waals surface area contributed by atoms with E-state index < -0.39 is 0 Å². The van der Waals surface area contributed by atoms with Gasteiger partial charge in [0.05, 0.1) is 11.9 Å². The van der Waals surface area contributed by atoms with Crippen LogP contribution >= 0.6 is 11.3 Å². The Hall–Kier alpha value is -2.54. The van der Waals surface area contributed by atoms with E-state index in [1.54, 1.807) is 23.7 Å². The molecule has 1 N–H and O–H groups in total. The van der Waals surface area contributed by atoms with E-state index in [0.29, 0.717) is 5.95 Å². The Morgan fingerprint density at radius 3 is 2.65 bits per heavy atom. The van der Waals surface area contributed by atoms with Crippen molar-refractivity contribution < 1.29 is 0 Å². The number of rotatable bonds is 4. The van der Waals surface area contributed by atoms with Gasteiger partial charge in [0.1, 0.15) is 16.5 Å². The van der Waals surface area contributed by atoms with Crippen LogP contribution in [0.2, 0.25) is 0 Å². The molecule has 1 aliphatic rings. The Labute approximate surface area is 138 Å². The lowest BCUT2D eigenvalue weighted by Crippen LogP contribution is -2.18. The van der Waals surface area contributed by atoms with Gasteiger partial charge >= 0.3 is 0 Å². The van der Waals surface area contributed by atoms with Gasteiger partial charge in [-0.3, -0.25) is 0 Å². The largest absolute Gasteiger partial charge is 0.357 e. The van der Waals surface area contributed by atoms with Crippen molar-refractivity contribution in [2.45, 2.75) is 12.8 Å². The molecule has 116 valence electrons. The summed E-state index contributed by atoms with van der Waals surface area (Å²) in [6.45, 7) is 2.19. The van der Waals surface area contributed by atoms with Crippen molar-refractivity contribution in [2.24, 2.45) is 0 Å². The smallest absolute Gasteiger partial charge is 0.227 e. The normalized spacial score (nSPS) is 14.2. The molecule has 1 aliphatic heterocycles. The van der Waals surface area contributed by atoms with Crippen molar-refractivity contribution in [3.8, 4) is 10.7 Å². The van der Waals surface area contributed by atoms with E-state index in [1.165, 1.54) is 12.8 Å². The van der Waals surface area contributed by atoms with E-state index in [1.807, 2.05) is 29.8 Å². The molecule has 4 rings (SSSR count). The van der Waals surface area contributed by atoms with Gasteiger partial charge in [0.2, 0.25) is 5.95 Å². The first-order chi connectivity index (χ1) is 11.4. The predicted molar refractivity (Wildman–Crippen MR) is 92.1 cm³/mol. The number of thiazole rings is 1. The molecule has 3 aromatic rings. The predicted octanol–water partition coefficient (Wildman–Crippen LogP) is 3.34. The summed E-state index contributed by atoms with van der Waals surface area (Å²) in [4.78, 5) is 19.9. The molecule has 0 spiro atoms. The SMILES string of the molecule is c1cc(-c2nccs2)nc(Nc2ccc(N3CCCC3)nc2)n1. The molecule has 23 heavy (non-hydrogen) atoms. The minimum atomic E-state index is 0.549. The maximum Gasteiger partial charge on any atom is 0.227 e. The fourth-order valence-electron chi connectivity index (χ4n) is 2.61. The topological polar surface area (TPSA) is 66.8 Å². The molecule has 0 radical (unpaired) electrons. The summed E-state index contributed by atoms with van der Waals surface area (Å²) in [5.74, 6) is 1.58. The van der Waals surface area contributed by atoms with Gasteiger partial charge in [-0.15, -0.1) is 11.3 Å². The number of hydrogen-bond acceptors (Lipinski definition) is 7. The molecule has 0 saturated carbocycles. The standard InChI is InChI=1S/C16H16N6S/c1-2-9-22(8-1)14-4-3-12(11-19-14)20-16-18-6-5-13(21-16)15-17-7-10-23-15/h3-7,10-11H,1-2,8-9H2,(H,18,20,21). The van der Waals surface area contributed by atoms with Crippen molar-refractivity contribution in [1.82, 2.24) is 19.9 Å². The Morgan fingerprint density at radius 1 is 1.00 bits per heavy atom. The van der Waals surface area contributed by atoms with E-state index >= 15 is 0 Å². The summed E-state index contributed by atoms with van der Waals surface area (Å²) in [7, 11) is 0. The Morgan fingerprint density at radius 2 is 1.91 bits per heavy atom. The molecular formula is C16H16N6S. The molecule has 3 aromatic heterocycles. The Balaban J connectivity index is 1.50. The average molecular weight is 324 g/mol. The van der Waals surface area contributed by atoms with Crippen LogP contribution in [0.5, 0.6) is 0 Å². The highest BCUT2D eigenvalue weighted by atomic mass is 32.1. The molecule has 0 unspecified atom stereocenters. The van der Waals surface area contributed by atoms with Gasteiger partial charge in [0.15, 0.2) is 0 Å². The first-order valence-electron chi connectivity index (χ1n) is 7.59. The second kappa shape index (κ2) is 6.29. The van der Waals surface area contributed by atoms with Gasteiger partial charge in [-0.05, 0) is 31.0 Å². The molecular weight excluding hydrogens is 308 g/mol. The van der Waals surface area contributed by atoms with Crippen molar-refractivity contribution >= 4 is 28.8 Å². The number of hydrogen-bond donors (Lipinski definition) is 1. The number of anilines is 3. The number of pyridine rings is 1. The minimum absolute atomic E-state index is 0.549. The molecule has 4 heterocycles. The Kier molecular flexibility index (Phi) is 3.85. The average Bonchev–Trinajstić information content (AvgIpc) is 3.30. The summed E-state index contributed by atoms with van der Waals surface area (Å²) in [6.07, 6.45) is 7.83. The molecule has 0 aromatic carbocycles. The molecule has 7 heteroatoms. The van der Waals surface area contributed by atoms with Crippen LogP contribution in [-0.2, 0) is 0 Å². The lowest BCUT2D eigenvalue weighted by molar-refractivity contribution is 0.938.